The topological polar surface area (TPSA) is 116 Å². The average molecular weight is 374 g/mol. The molecule has 0 radical (unpaired) electrons. The summed E-state index contributed by atoms with van der Waals surface area (Å²) in [6.07, 6.45) is 3.77. The molecule has 3 heterocycles. The van der Waals surface area contributed by atoms with Crippen molar-refractivity contribution < 1.29 is 18.8 Å². The Bertz CT molecular complexity index is 818. The normalized spacial score (nSPS) is 16.7. The second kappa shape index (κ2) is 7.87. The van der Waals surface area contributed by atoms with E-state index in [2.05, 4.69) is 25.4 Å². The number of amides is 1. The second-order valence-corrected chi connectivity index (χ2v) is 6.46. The minimum atomic E-state index is -0.283. The summed E-state index contributed by atoms with van der Waals surface area (Å²) in [5.41, 5.74) is 1.28. The number of morpholine rings is 1. The molecule has 0 bridgehead atoms. The summed E-state index contributed by atoms with van der Waals surface area (Å²) in [6.45, 7) is 2.79. The molecule has 0 aromatic carbocycles. The molecule has 2 aliphatic rings. The fourth-order valence-electron chi connectivity index (χ4n) is 3.27. The molecule has 0 unspecified atom stereocenters. The van der Waals surface area contributed by atoms with Crippen LogP contribution in [0.25, 0.3) is 0 Å². The van der Waals surface area contributed by atoms with Crippen molar-refractivity contribution in [3.05, 3.63) is 22.8 Å². The predicted molar refractivity (Wildman–Crippen MR) is 93.7 cm³/mol. The zero-order chi connectivity index (χ0) is 18.6. The van der Waals surface area contributed by atoms with Crippen molar-refractivity contribution >= 4 is 11.9 Å². The molecule has 144 valence electrons. The number of nitrogens with one attached hydrogen (secondary N) is 1. The van der Waals surface area contributed by atoms with E-state index in [4.69, 9.17) is 14.0 Å². The smallest absolute Gasteiger partial charge is 0.321 e. The van der Waals surface area contributed by atoms with Crippen molar-refractivity contribution in [2.45, 2.75) is 32.2 Å². The molecular weight excluding hydrogens is 352 g/mol. The number of fused-ring (bicyclic) bond motifs is 1. The number of hydrogen-bond donors (Lipinski definition) is 1. The Morgan fingerprint density at radius 3 is 2.81 bits per heavy atom. The number of aromatic nitrogens is 4. The van der Waals surface area contributed by atoms with Crippen molar-refractivity contribution in [1.82, 2.24) is 25.4 Å². The monoisotopic (exact) mass is 374 g/mol. The van der Waals surface area contributed by atoms with E-state index < -0.39 is 0 Å². The van der Waals surface area contributed by atoms with E-state index >= 15 is 0 Å². The van der Waals surface area contributed by atoms with E-state index in [0.29, 0.717) is 43.8 Å². The number of nitrogens with zero attached hydrogens (tertiary/aromatic N) is 5. The molecule has 10 heteroatoms. The summed E-state index contributed by atoms with van der Waals surface area (Å²) in [7, 11) is 1.50. The van der Waals surface area contributed by atoms with Crippen LogP contribution in [0.1, 0.15) is 40.5 Å². The van der Waals surface area contributed by atoms with E-state index in [1.54, 1.807) is 0 Å². The van der Waals surface area contributed by atoms with Crippen LogP contribution in [0.3, 0.4) is 0 Å². The summed E-state index contributed by atoms with van der Waals surface area (Å²) in [4.78, 5) is 27.5. The molecule has 1 N–H and O–H groups in total. The van der Waals surface area contributed by atoms with Gasteiger partial charge in [-0.3, -0.25) is 4.79 Å². The van der Waals surface area contributed by atoms with Gasteiger partial charge in [0, 0.05) is 25.1 Å². The Morgan fingerprint density at radius 1 is 1.19 bits per heavy atom. The highest BCUT2D eigenvalue weighted by Crippen LogP contribution is 2.24. The molecule has 27 heavy (non-hydrogen) atoms. The van der Waals surface area contributed by atoms with Crippen LogP contribution in [0.5, 0.6) is 6.01 Å². The Morgan fingerprint density at radius 2 is 2.00 bits per heavy atom. The van der Waals surface area contributed by atoms with Crippen LogP contribution < -0.4 is 15.0 Å². The van der Waals surface area contributed by atoms with Gasteiger partial charge in [0.05, 0.1) is 26.9 Å². The number of anilines is 1. The summed E-state index contributed by atoms with van der Waals surface area (Å²) < 4.78 is 15.8. The minimum absolute atomic E-state index is 0.149. The maximum absolute atomic E-state index is 12.5. The molecular formula is C17H22N6O4. The molecule has 0 atom stereocenters. The molecule has 1 saturated heterocycles. The first-order chi connectivity index (χ1) is 13.2. The lowest BCUT2D eigenvalue weighted by Crippen LogP contribution is -2.37. The summed E-state index contributed by atoms with van der Waals surface area (Å²) >= 11 is 0. The largest absolute Gasteiger partial charge is 0.467 e. The summed E-state index contributed by atoms with van der Waals surface area (Å²) in [5, 5.41) is 6.77. The van der Waals surface area contributed by atoms with Gasteiger partial charge < -0.3 is 24.2 Å². The zero-order valence-electron chi connectivity index (χ0n) is 15.2. The molecule has 0 spiro atoms. The third kappa shape index (κ3) is 3.85. The van der Waals surface area contributed by atoms with Crippen LogP contribution in [-0.4, -0.2) is 59.4 Å². The molecule has 10 nitrogen and oxygen atoms in total. The Labute approximate surface area is 156 Å². The van der Waals surface area contributed by atoms with Crippen molar-refractivity contribution in [1.29, 1.82) is 0 Å². The molecule has 1 fully saturated rings. The van der Waals surface area contributed by atoms with Crippen molar-refractivity contribution in [2.75, 3.05) is 38.3 Å². The van der Waals surface area contributed by atoms with Crippen LogP contribution in [0.4, 0.5) is 5.95 Å². The number of hydrogen-bond acceptors (Lipinski definition) is 9. The minimum Gasteiger partial charge on any atom is -0.467 e. The Kier molecular flexibility index (Phi) is 5.14. The van der Waals surface area contributed by atoms with Gasteiger partial charge in [-0.2, -0.15) is 15.0 Å². The number of carbonyl (C=O) groups excluding carboxylic acids is 1. The zero-order valence-corrected chi connectivity index (χ0v) is 15.2. The van der Waals surface area contributed by atoms with Crippen LogP contribution in [0.15, 0.2) is 4.52 Å². The van der Waals surface area contributed by atoms with Gasteiger partial charge in [-0.25, -0.2) is 0 Å². The average Bonchev–Trinajstić information content (AvgIpc) is 3.16. The van der Waals surface area contributed by atoms with Crippen LogP contribution in [0, 0.1) is 0 Å². The van der Waals surface area contributed by atoms with Gasteiger partial charge in [0.1, 0.15) is 5.76 Å². The second-order valence-electron chi connectivity index (χ2n) is 6.46. The lowest BCUT2D eigenvalue weighted by Gasteiger charge is -2.26. The van der Waals surface area contributed by atoms with Crippen LogP contribution in [0.2, 0.25) is 0 Å². The van der Waals surface area contributed by atoms with Gasteiger partial charge in [-0.05, 0) is 19.3 Å². The SMILES string of the molecule is COc1nc(CNC(=O)c2noc3c2CCCC3)nc(N2CCOCC2)n1. The quantitative estimate of drug-likeness (QED) is 0.799. The molecule has 1 amide bonds. The van der Waals surface area contributed by atoms with Crippen LogP contribution in [-0.2, 0) is 24.1 Å². The molecule has 2 aromatic heterocycles. The first-order valence-corrected chi connectivity index (χ1v) is 9.12. The van der Waals surface area contributed by atoms with Crippen molar-refractivity contribution in [3.8, 4) is 6.01 Å². The number of methoxy groups -OCH3 is 1. The van der Waals surface area contributed by atoms with Gasteiger partial charge >= 0.3 is 6.01 Å². The Hall–Kier alpha value is -2.75. The number of carbonyl (C=O) groups is 1. The standard InChI is InChI=1S/C17H22N6O4/c1-25-17-20-13(19-16(21-17)23-6-8-26-9-7-23)10-18-15(24)14-11-4-2-3-5-12(11)27-22-14/h2-10H2,1H3,(H,18,24). The van der Waals surface area contributed by atoms with Crippen molar-refractivity contribution in [2.24, 2.45) is 0 Å². The lowest BCUT2D eigenvalue weighted by atomic mass is 9.96. The highest BCUT2D eigenvalue weighted by Gasteiger charge is 2.24. The van der Waals surface area contributed by atoms with Crippen LogP contribution >= 0.6 is 0 Å². The van der Waals surface area contributed by atoms with Gasteiger partial charge in [0.25, 0.3) is 5.91 Å². The van der Waals surface area contributed by atoms with Gasteiger partial charge in [-0.1, -0.05) is 5.16 Å². The lowest BCUT2D eigenvalue weighted by molar-refractivity contribution is 0.0939. The number of ether oxygens (including phenoxy) is 2. The highest BCUT2D eigenvalue weighted by atomic mass is 16.5. The molecule has 0 saturated carbocycles. The molecule has 2 aromatic rings. The summed E-state index contributed by atoms with van der Waals surface area (Å²) in [5.74, 6) is 1.49. The third-order valence-corrected chi connectivity index (χ3v) is 4.70. The van der Waals surface area contributed by atoms with E-state index in [1.807, 2.05) is 4.90 Å². The molecule has 4 rings (SSSR count). The number of aryl methyl sites for hydroxylation is 1. The highest BCUT2D eigenvalue weighted by molar-refractivity contribution is 5.93. The number of rotatable bonds is 5. The maximum atomic E-state index is 12.5. The molecule has 1 aliphatic carbocycles. The van der Waals surface area contributed by atoms with Gasteiger partial charge in [-0.15, -0.1) is 0 Å². The molecule has 1 aliphatic heterocycles. The maximum Gasteiger partial charge on any atom is 0.321 e. The fraction of sp³-hybridized carbons (Fsp3) is 0.588. The summed E-state index contributed by atoms with van der Waals surface area (Å²) in [6, 6.07) is 0.217. The Balaban J connectivity index is 1.47. The fourth-order valence-corrected chi connectivity index (χ4v) is 3.27. The first-order valence-electron chi connectivity index (χ1n) is 9.12. The first kappa shape index (κ1) is 17.7. The van der Waals surface area contributed by atoms with Gasteiger partial charge in [0.15, 0.2) is 11.5 Å². The van der Waals surface area contributed by atoms with E-state index in [1.165, 1.54) is 7.11 Å². The van der Waals surface area contributed by atoms with E-state index in [-0.39, 0.29) is 18.5 Å². The predicted octanol–water partition coefficient (Wildman–Crippen LogP) is 0.514. The van der Waals surface area contributed by atoms with E-state index in [9.17, 15) is 4.79 Å². The van der Waals surface area contributed by atoms with Crippen molar-refractivity contribution in [3.63, 3.8) is 0 Å². The van der Waals surface area contributed by atoms with Gasteiger partial charge in [0.2, 0.25) is 5.95 Å². The third-order valence-electron chi connectivity index (χ3n) is 4.70. The van der Waals surface area contributed by atoms with E-state index in [0.717, 1.165) is 37.0 Å².